The molecule has 0 aromatic heterocycles. The fraction of sp³-hybridized carbons (Fsp3) is 0.333. The molecule has 2 aromatic carbocycles. The van der Waals surface area contributed by atoms with Gasteiger partial charge in [0.1, 0.15) is 35.6 Å². The second-order valence-corrected chi connectivity index (χ2v) is 8.11. The average Bonchev–Trinajstić information content (AvgIpc) is 2.71. The summed E-state index contributed by atoms with van der Waals surface area (Å²) in [6.07, 6.45) is 3.96. The first-order valence-electron chi connectivity index (χ1n) is 9.71. The average molecular weight is 392 g/mol. The Bertz CT molecular complexity index is 1050. The Balaban J connectivity index is 1.61. The fourth-order valence-corrected chi connectivity index (χ4v) is 4.36. The highest BCUT2D eigenvalue weighted by Crippen LogP contribution is 2.53. The third kappa shape index (κ3) is 2.68. The Morgan fingerprint density at radius 1 is 1.07 bits per heavy atom. The van der Waals surface area contributed by atoms with Gasteiger partial charge in [-0.15, -0.1) is 0 Å². The summed E-state index contributed by atoms with van der Waals surface area (Å²) in [4.78, 5) is 0. The van der Waals surface area contributed by atoms with E-state index in [-0.39, 0.29) is 17.6 Å². The smallest absolute Gasteiger partial charge is 0.164 e. The van der Waals surface area contributed by atoms with Crippen molar-refractivity contribution in [1.29, 1.82) is 0 Å². The maximum atomic E-state index is 6.47. The van der Waals surface area contributed by atoms with Gasteiger partial charge in [0, 0.05) is 17.2 Å². The maximum Gasteiger partial charge on any atom is 0.164 e. The van der Waals surface area contributed by atoms with Crippen molar-refractivity contribution < 1.29 is 23.7 Å². The molecule has 0 N–H and O–H groups in total. The van der Waals surface area contributed by atoms with Gasteiger partial charge in [-0.2, -0.15) is 0 Å². The predicted octanol–water partition coefficient (Wildman–Crippen LogP) is 4.84. The number of fused-ring (bicyclic) bond motifs is 6. The van der Waals surface area contributed by atoms with Crippen LogP contribution in [0.25, 0.3) is 11.6 Å². The van der Waals surface area contributed by atoms with Crippen molar-refractivity contribution in [3.05, 3.63) is 53.6 Å². The Kier molecular flexibility index (Phi) is 3.85. The summed E-state index contributed by atoms with van der Waals surface area (Å²) in [6, 6.07) is 7.88. The van der Waals surface area contributed by atoms with Crippen molar-refractivity contribution in [3.8, 4) is 28.7 Å². The summed E-state index contributed by atoms with van der Waals surface area (Å²) in [5, 5.41) is 0. The molecular formula is C24H24O5. The van der Waals surface area contributed by atoms with Gasteiger partial charge in [-0.05, 0) is 49.8 Å². The summed E-state index contributed by atoms with van der Waals surface area (Å²) in [7, 11) is 3.25. The van der Waals surface area contributed by atoms with Crippen molar-refractivity contribution in [2.75, 3.05) is 20.8 Å². The molecule has 0 saturated heterocycles. The van der Waals surface area contributed by atoms with Gasteiger partial charge in [-0.3, -0.25) is 0 Å². The lowest BCUT2D eigenvalue weighted by molar-refractivity contribution is 0.0932. The molecule has 3 aliphatic rings. The zero-order chi connectivity index (χ0) is 20.3. The molecule has 29 heavy (non-hydrogen) atoms. The molecule has 0 amide bonds. The minimum absolute atomic E-state index is 0.0194. The lowest BCUT2D eigenvalue weighted by Crippen LogP contribution is -2.39. The first-order valence-corrected chi connectivity index (χ1v) is 9.71. The topological polar surface area (TPSA) is 46.2 Å². The van der Waals surface area contributed by atoms with Crippen LogP contribution in [0.2, 0.25) is 0 Å². The van der Waals surface area contributed by atoms with Gasteiger partial charge in [0.25, 0.3) is 0 Å². The van der Waals surface area contributed by atoms with Gasteiger partial charge < -0.3 is 23.7 Å². The molecule has 5 heteroatoms. The van der Waals surface area contributed by atoms with Crippen LogP contribution in [0, 0.1) is 0 Å². The zero-order valence-corrected chi connectivity index (χ0v) is 17.1. The quantitative estimate of drug-likeness (QED) is 0.732. The van der Waals surface area contributed by atoms with E-state index < -0.39 is 0 Å². The van der Waals surface area contributed by atoms with Gasteiger partial charge in [0.2, 0.25) is 0 Å². The van der Waals surface area contributed by atoms with E-state index in [0.717, 1.165) is 39.5 Å². The van der Waals surface area contributed by atoms with Crippen molar-refractivity contribution >= 4 is 11.6 Å². The molecule has 2 aromatic rings. The second-order valence-electron chi connectivity index (χ2n) is 8.11. The van der Waals surface area contributed by atoms with E-state index in [1.807, 2.05) is 38.1 Å². The maximum absolute atomic E-state index is 6.47. The molecule has 0 fully saturated rings. The predicted molar refractivity (Wildman–Crippen MR) is 111 cm³/mol. The van der Waals surface area contributed by atoms with Gasteiger partial charge in [-0.1, -0.05) is 6.58 Å². The number of methoxy groups -OCH3 is 2. The van der Waals surface area contributed by atoms with E-state index in [9.17, 15) is 0 Å². The molecule has 2 unspecified atom stereocenters. The summed E-state index contributed by atoms with van der Waals surface area (Å²) in [5.74, 6) is 3.71. The van der Waals surface area contributed by atoms with E-state index in [2.05, 4.69) is 18.7 Å². The molecule has 0 bridgehead atoms. The van der Waals surface area contributed by atoms with E-state index in [1.54, 1.807) is 14.2 Å². The van der Waals surface area contributed by atoms with Crippen LogP contribution in [-0.4, -0.2) is 32.5 Å². The first kappa shape index (κ1) is 18.0. The van der Waals surface area contributed by atoms with Crippen LogP contribution in [-0.2, 0) is 0 Å². The molecule has 0 radical (unpaired) electrons. The van der Waals surface area contributed by atoms with E-state index >= 15 is 0 Å². The summed E-state index contributed by atoms with van der Waals surface area (Å²) in [6.45, 7) is 8.95. The second kappa shape index (κ2) is 6.21. The Hall–Kier alpha value is -3.08. The normalized spacial score (nSPS) is 22.7. The summed E-state index contributed by atoms with van der Waals surface area (Å²) >= 11 is 0. The molecule has 3 aliphatic heterocycles. The lowest BCUT2D eigenvalue weighted by atomic mass is 9.79. The zero-order valence-electron chi connectivity index (χ0n) is 17.1. The van der Waals surface area contributed by atoms with Gasteiger partial charge in [0.05, 0.1) is 25.7 Å². The van der Waals surface area contributed by atoms with Crippen LogP contribution in [0.3, 0.4) is 0 Å². The first-order chi connectivity index (χ1) is 13.9. The molecule has 0 aliphatic carbocycles. The largest absolute Gasteiger partial charge is 0.493 e. The number of rotatable bonds is 2. The van der Waals surface area contributed by atoms with Crippen LogP contribution >= 0.6 is 0 Å². The third-order valence-electron chi connectivity index (χ3n) is 5.80. The SMILES string of the molecule is C=C1c2ccc3c(c2OC2COc4cc(OC)c(OC)cc4C12)C=CC(C)(C)O3. The minimum atomic E-state index is -0.335. The lowest BCUT2D eigenvalue weighted by Gasteiger charge is -2.41. The molecule has 5 nitrogen and oxygen atoms in total. The van der Waals surface area contributed by atoms with Crippen molar-refractivity contribution in [3.63, 3.8) is 0 Å². The molecule has 2 atom stereocenters. The molecule has 5 rings (SSSR count). The molecule has 0 spiro atoms. The number of benzene rings is 2. The fourth-order valence-electron chi connectivity index (χ4n) is 4.36. The summed E-state index contributed by atoms with van der Waals surface area (Å²) < 4.78 is 29.5. The molecule has 3 heterocycles. The van der Waals surface area contributed by atoms with Crippen LogP contribution in [0.1, 0.15) is 36.5 Å². The highest BCUT2D eigenvalue weighted by molar-refractivity contribution is 5.83. The molecular weight excluding hydrogens is 368 g/mol. The van der Waals surface area contributed by atoms with Gasteiger partial charge >= 0.3 is 0 Å². The highest BCUT2D eigenvalue weighted by Gasteiger charge is 2.41. The number of hydrogen-bond acceptors (Lipinski definition) is 5. The van der Waals surface area contributed by atoms with E-state index in [0.29, 0.717) is 18.1 Å². The van der Waals surface area contributed by atoms with Crippen molar-refractivity contribution in [1.82, 2.24) is 0 Å². The van der Waals surface area contributed by atoms with E-state index in [1.165, 1.54) is 0 Å². The Morgan fingerprint density at radius 2 is 1.83 bits per heavy atom. The van der Waals surface area contributed by atoms with Crippen molar-refractivity contribution in [2.45, 2.75) is 31.5 Å². The third-order valence-corrected chi connectivity index (χ3v) is 5.80. The van der Waals surface area contributed by atoms with E-state index in [4.69, 9.17) is 23.7 Å². The minimum Gasteiger partial charge on any atom is -0.493 e. The highest BCUT2D eigenvalue weighted by atomic mass is 16.5. The van der Waals surface area contributed by atoms with Gasteiger partial charge in [-0.25, -0.2) is 0 Å². The van der Waals surface area contributed by atoms with Gasteiger partial charge in [0.15, 0.2) is 11.5 Å². The van der Waals surface area contributed by atoms with Crippen LogP contribution in [0.5, 0.6) is 28.7 Å². The molecule has 150 valence electrons. The van der Waals surface area contributed by atoms with Crippen molar-refractivity contribution in [2.24, 2.45) is 0 Å². The Labute approximate surface area is 170 Å². The molecule has 0 saturated carbocycles. The standard InChI is InChI=1S/C24H24O5/c1-13-14-6-7-17-15(8-9-24(2,3)29-17)23(14)28-21-12-27-18-11-20(26-5)19(25-4)10-16(18)22(13)21/h6-11,21-22H,1,12H2,2-5H3. The van der Waals surface area contributed by atoms with Crippen LogP contribution < -0.4 is 23.7 Å². The van der Waals surface area contributed by atoms with Crippen LogP contribution in [0.15, 0.2) is 36.9 Å². The number of hydrogen-bond donors (Lipinski definition) is 0. The summed E-state index contributed by atoms with van der Waals surface area (Å²) in [5.41, 5.74) is 3.63. The van der Waals surface area contributed by atoms with Crippen LogP contribution in [0.4, 0.5) is 0 Å². The number of ether oxygens (including phenoxy) is 5. The Morgan fingerprint density at radius 3 is 2.59 bits per heavy atom. The monoisotopic (exact) mass is 392 g/mol.